The highest BCUT2D eigenvalue weighted by molar-refractivity contribution is 5.83. The van der Waals surface area contributed by atoms with E-state index in [9.17, 15) is 8.78 Å². The van der Waals surface area contributed by atoms with Crippen LogP contribution in [-0.2, 0) is 0 Å². The van der Waals surface area contributed by atoms with Gasteiger partial charge in [0.25, 0.3) is 0 Å². The van der Waals surface area contributed by atoms with Gasteiger partial charge in [-0.15, -0.1) is 0 Å². The largest absolute Gasteiger partial charge is 0.369 e. The van der Waals surface area contributed by atoms with Gasteiger partial charge in [-0.3, -0.25) is 4.57 Å². The smallest absolute Gasteiger partial charge is 0.206 e. The summed E-state index contributed by atoms with van der Waals surface area (Å²) in [5.74, 6) is -1.71. The van der Waals surface area contributed by atoms with Gasteiger partial charge in [-0.1, -0.05) is 18.2 Å². The molecule has 3 nitrogen and oxygen atoms in total. The molecule has 0 aliphatic heterocycles. The fraction of sp³-hybridized carbons (Fsp3) is 0.0714. The van der Waals surface area contributed by atoms with Crippen LogP contribution in [0, 0.1) is 18.6 Å². The fourth-order valence-electron chi connectivity index (χ4n) is 2.22. The summed E-state index contributed by atoms with van der Waals surface area (Å²) in [7, 11) is 0. The number of hydrogen-bond acceptors (Lipinski definition) is 2. The van der Waals surface area contributed by atoms with Gasteiger partial charge in [0.05, 0.1) is 16.7 Å². The Bertz CT molecular complexity index is 778. The lowest BCUT2D eigenvalue weighted by Crippen LogP contribution is -2.04. The molecule has 0 radical (unpaired) electrons. The Hall–Kier alpha value is -2.43. The SMILES string of the molecule is Cc1cccc2nc(N)n(-c3cccc(F)c3F)c12. The summed E-state index contributed by atoms with van der Waals surface area (Å²) in [5, 5.41) is 0. The molecule has 0 fully saturated rings. The van der Waals surface area contributed by atoms with Gasteiger partial charge in [-0.05, 0) is 30.7 Å². The van der Waals surface area contributed by atoms with E-state index in [1.54, 1.807) is 6.07 Å². The van der Waals surface area contributed by atoms with Crippen LogP contribution in [0.1, 0.15) is 5.56 Å². The van der Waals surface area contributed by atoms with Crippen LogP contribution < -0.4 is 5.73 Å². The fourth-order valence-corrected chi connectivity index (χ4v) is 2.22. The van der Waals surface area contributed by atoms with Crippen molar-refractivity contribution < 1.29 is 8.78 Å². The number of nitrogen functional groups attached to an aromatic ring is 1. The molecule has 0 bridgehead atoms. The van der Waals surface area contributed by atoms with E-state index in [0.717, 1.165) is 11.6 Å². The van der Waals surface area contributed by atoms with Crippen LogP contribution in [0.25, 0.3) is 16.7 Å². The summed E-state index contributed by atoms with van der Waals surface area (Å²) >= 11 is 0. The zero-order valence-electron chi connectivity index (χ0n) is 10.2. The predicted molar refractivity (Wildman–Crippen MR) is 70.1 cm³/mol. The Morgan fingerprint density at radius 1 is 1.11 bits per heavy atom. The first-order chi connectivity index (χ1) is 9.09. The van der Waals surface area contributed by atoms with Crippen molar-refractivity contribution in [3.63, 3.8) is 0 Å². The highest BCUT2D eigenvalue weighted by Crippen LogP contribution is 2.27. The van der Waals surface area contributed by atoms with Crippen molar-refractivity contribution >= 4 is 17.0 Å². The quantitative estimate of drug-likeness (QED) is 0.729. The molecule has 2 aromatic carbocycles. The van der Waals surface area contributed by atoms with Gasteiger partial charge in [0.2, 0.25) is 5.95 Å². The third-order valence-corrected chi connectivity index (χ3v) is 3.08. The molecule has 0 unspecified atom stereocenters. The Morgan fingerprint density at radius 3 is 2.63 bits per heavy atom. The van der Waals surface area contributed by atoms with Gasteiger partial charge >= 0.3 is 0 Å². The van der Waals surface area contributed by atoms with Crippen LogP contribution in [0.4, 0.5) is 14.7 Å². The molecule has 1 heterocycles. The van der Waals surface area contributed by atoms with E-state index in [1.807, 2.05) is 19.1 Å². The minimum Gasteiger partial charge on any atom is -0.369 e. The second kappa shape index (κ2) is 4.05. The number of aromatic nitrogens is 2. The summed E-state index contributed by atoms with van der Waals surface area (Å²) < 4.78 is 28.7. The van der Waals surface area contributed by atoms with Crippen molar-refractivity contribution in [1.29, 1.82) is 0 Å². The zero-order chi connectivity index (χ0) is 13.6. The minimum atomic E-state index is -0.934. The highest BCUT2D eigenvalue weighted by Gasteiger charge is 2.16. The summed E-state index contributed by atoms with van der Waals surface area (Å²) in [6, 6.07) is 9.49. The minimum absolute atomic E-state index is 0.0642. The topological polar surface area (TPSA) is 43.8 Å². The number of imidazole rings is 1. The first-order valence-corrected chi connectivity index (χ1v) is 5.77. The van der Waals surface area contributed by atoms with Crippen LogP contribution in [0.5, 0.6) is 0 Å². The number of aryl methyl sites for hydroxylation is 1. The van der Waals surface area contributed by atoms with Crippen molar-refractivity contribution in [2.24, 2.45) is 0 Å². The number of anilines is 1. The first-order valence-electron chi connectivity index (χ1n) is 5.77. The van der Waals surface area contributed by atoms with Gasteiger partial charge in [0.1, 0.15) is 0 Å². The third kappa shape index (κ3) is 1.66. The number of nitrogens with zero attached hydrogens (tertiary/aromatic N) is 2. The molecule has 5 heteroatoms. The molecule has 0 aliphatic rings. The van der Waals surface area contributed by atoms with Crippen molar-refractivity contribution in [2.45, 2.75) is 6.92 Å². The van der Waals surface area contributed by atoms with E-state index >= 15 is 0 Å². The van der Waals surface area contributed by atoms with Crippen LogP contribution in [0.15, 0.2) is 36.4 Å². The second-order valence-electron chi connectivity index (χ2n) is 4.32. The molecule has 2 N–H and O–H groups in total. The van der Waals surface area contributed by atoms with Gasteiger partial charge in [-0.25, -0.2) is 13.8 Å². The molecule has 0 atom stereocenters. The van der Waals surface area contributed by atoms with E-state index < -0.39 is 11.6 Å². The van der Waals surface area contributed by atoms with Crippen LogP contribution in [0.3, 0.4) is 0 Å². The lowest BCUT2D eigenvalue weighted by Gasteiger charge is -2.09. The number of rotatable bonds is 1. The molecule has 0 spiro atoms. The Morgan fingerprint density at radius 2 is 1.84 bits per heavy atom. The summed E-state index contributed by atoms with van der Waals surface area (Å²) in [5.41, 5.74) is 8.13. The van der Waals surface area contributed by atoms with E-state index in [0.29, 0.717) is 11.0 Å². The summed E-state index contributed by atoms with van der Waals surface area (Å²) in [6.07, 6.45) is 0. The standard InChI is InChI=1S/C14H11F2N3/c1-8-4-2-6-10-13(8)19(14(17)18-10)11-7-3-5-9(15)12(11)16/h2-7H,1H3,(H2,17,18). The Kier molecular flexibility index (Phi) is 2.48. The van der Waals surface area contributed by atoms with Crippen molar-refractivity contribution in [2.75, 3.05) is 5.73 Å². The molecule has 0 saturated heterocycles. The first kappa shape index (κ1) is 11.6. The lowest BCUT2D eigenvalue weighted by atomic mass is 10.2. The maximum Gasteiger partial charge on any atom is 0.206 e. The molecule has 19 heavy (non-hydrogen) atoms. The normalized spacial score (nSPS) is 11.1. The number of nitrogens with two attached hydrogens (primary N) is 1. The highest BCUT2D eigenvalue weighted by atomic mass is 19.2. The molecule has 0 amide bonds. The van der Waals surface area contributed by atoms with Crippen molar-refractivity contribution in [3.8, 4) is 5.69 Å². The molecule has 0 saturated carbocycles. The molecular formula is C14H11F2N3. The third-order valence-electron chi connectivity index (χ3n) is 3.08. The van der Waals surface area contributed by atoms with Gasteiger partial charge in [0.15, 0.2) is 11.6 Å². The van der Waals surface area contributed by atoms with Crippen molar-refractivity contribution in [1.82, 2.24) is 9.55 Å². The van der Waals surface area contributed by atoms with Crippen LogP contribution >= 0.6 is 0 Å². The molecule has 96 valence electrons. The molecular weight excluding hydrogens is 248 g/mol. The number of fused-ring (bicyclic) bond motifs is 1. The number of benzene rings is 2. The summed E-state index contributed by atoms with van der Waals surface area (Å²) in [6.45, 7) is 1.87. The number of para-hydroxylation sites is 1. The Balaban J connectivity index is 2.43. The zero-order valence-corrected chi connectivity index (χ0v) is 10.2. The van der Waals surface area contributed by atoms with E-state index in [1.165, 1.54) is 16.7 Å². The molecule has 3 aromatic rings. The molecule has 1 aromatic heterocycles. The maximum atomic E-state index is 13.9. The average molecular weight is 259 g/mol. The molecule has 3 rings (SSSR count). The van der Waals surface area contributed by atoms with Crippen molar-refractivity contribution in [3.05, 3.63) is 53.6 Å². The average Bonchev–Trinajstić information content (AvgIpc) is 2.71. The second-order valence-corrected chi connectivity index (χ2v) is 4.32. The monoisotopic (exact) mass is 259 g/mol. The Labute approximate surface area is 108 Å². The van der Waals surface area contributed by atoms with E-state index in [2.05, 4.69) is 4.98 Å². The van der Waals surface area contributed by atoms with Gasteiger partial charge < -0.3 is 5.73 Å². The summed E-state index contributed by atoms with van der Waals surface area (Å²) in [4.78, 5) is 4.17. The maximum absolute atomic E-state index is 13.9. The van der Waals surface area contributed by atoms with Gasteiger partial charge in [0, 0.05) is 0 Å². The van der Waals surface area contributed by atoms with Crippen LogP contribution in [0.2, 0.25) is 0 Å². The molecule has 0 aliphatic carbocycles. The number of halogens is 2. The number of hydrogen-bond donors (Lipinski definition) is 1. The lowest BCUT2D eigenvalue weighted by molar-refractivity contribution is 0.505. The predicted octanol–water partition coefficient (Wildman–Crippen LogP) is 3.19. The van der Waals surface area contributed by atoms with Gasteiger partial charge in [-0.2, -0.15) is 0 Å². The van der Waals surface area contributed by atoms with Crippen LogP contribution in [-0.4, -0.2) is 9.55 Å². The van der Waals surface area contributed by atoms with E-state index in [4.69, 9.17) is 5.73 Å². The van der Waals surface area contributed by atoms with E-state index in [-0.39, 0.29) is 11.6 Å².